The molecule has 0 aliphatic rings. The van der Waals surface area contributed by atoms with Crippen molar-refractivity contribution in [1.82, 2.24) is 0 Å². The maximum atomic E-state index is 12.3. The average Bonchev–Trinajstić information content (AvgIpc) is 3.01. The molecule has 6 aromatic rings. The summed E-state index contributed by atoms with van der Waals surface area (Å²) in [5.74, 6) is -0.975. The van der Waals surface area contributed by atoms with Crippen LogP contribution in [0.4, 0.5) is 0 Å². The van der Waals surface area contributed by atoms with Crippen molar-refractivity contribution in [2.45, 2.75) is 20.8 Å². The van der Waals surface area contributed by atoms with Crippen LogP contribution in [0, 0.1) is 5.41 Å². The average molecular weight is 593 g/mol. The summed E-state index contributed by atoms with van der Waals surface area (Å²) >= 11 is 0. The zero-order valence-electron chi connectivity index (χ0n) is 24.0. The lowest BCUT2D eigenvalue weighted by atomic mass is 9.86. The fraction of sp³-hybridized carbons (Fsp3) is 0.114. The van der Waals surface area contributed by atoms with E-state index in [1.165, 1.54) is 36.4 Å². The van der Waals surface area contributed by atoms with Crippen LogP contribution >= 0.6 is 0 Å². The Labute approximate surface area is 250 Å². The molecule has 0 amide bonds. The Kier molecular flexibility index (Phi) is 7.72. The largest absolute Gasteiger partial charge is 0.504 e. The SMILES string of the molecule is CC(C)(C)C(=O)c1ccc(-c2cc(=O)c3ccc(O)c(O)c3o2)cc1.O=c1cc(-c2ccccc2)oc2c(O)c(O)ccc12. The molecule has 2 aromatic heterocycles. The van der Waals surface area contributed by atoms with Gasteiger partial charge in [0.15, 0.2) is 39.3 Å². The number of fused-ring (bicyclic) bond motifs is 2. The lowest BCUT2D eigenvalue weighted by Gasteiger charge is -2.16. The van der Waals surface area contributed by atoms with E-state index < -0.39 is 16.9 Å². The van der Waals surface area contributed by atoms with Crippen LogP contribution in [0.5, 0.6) is 23.0 Å². The van der Waals surface area contributed by atoms with Gasteiger partial charge in [-0.05, 0) is 24.3 Å². The number of phenols is 4. The van der Waals surface area contributed by atoms with E-state index in [1.807, 2.05) is 39.0 Å². The predicted molar refractivity (Wildman–Crippen MR) is 166 cm³/mol. The molecule has 4 N–H and O–H groups in total. The van der Waals surface area contributed by atoms with Gasteiger partial charge in [0, 0.05) is 34.2 Å². The molecular formula is C35H28O9. The van der Waals surface area contributed by atoms with Gasteiger partial charge in [-0.2, -0.15) is 0 Å². The third-order valence-corrected chi connectivity index (χ3v) is 6.87. The third kappa shape index (κ3) is 5.76. The molecule has 44 heavy (non-hydrogen) atoms. The summed E-state index contributed by atoms with van der Waals surface area (Å²) in [5, 5.41) is 39.2. The standard InChI is InChI=1S/C20H18O5.C15H10O4/c1-20(2,3)19(24)12-6-4-11(5-7-12)16-10-15(22)13-8-9-14(21)17(23)18(13)25-16;16-11-7-6-10-12(17)8-13(19-15(10)14(11)18)9-4-2-1-3-5-9/h4-10,21,23H,1-3H3;1-8,16,18H. The molecule has 222 valence electrons. The Balaban J connectivity index is 0.000000181. The summed E-state index contributed by atoms with van der Waals surface area (Å²) in [5.41, 5.74) is 0.720. The third-order valence-electron chi connectivity index (χ3n) is 6.87. The number of aromatic hydroxyl groups is 4. The highest BCUT2D eigenvalue weighted by molar-refractivity contribution is 6.00. The van der Waals surface area contributed by atoms with Crippen LogP contribution in [0.3, 0.4) is 0 Å². The molecular weight excluding hydrogens is 564 g/mol. The molecule has 0 radical (unpaired) electrons. The fourth-order valence-electron chi connectivity index (χ4n) is 4.49. The van der Waals surface area contributed by atoms with Crippen molar-refractivity contribution >= 4 is 27.7 Å². The zero-order chi connectivity index (χ0) is 31.8. The number of Topliss-reactive ketones (excluding diaryl/α,β-unsaturated/α-hetero) is 1. The second kappa shape index (κ2) is 11.4. The van der Waals surface area contributed by atoms with E-state index in [0.29, 0.717) is 16.9 Å². The molecule has 0 spiro atoms. The minimum absolute atomic E-state index is 0.00801. The second-order valence-electron chi connectivity index (χ2n) is 11.1. The van der Waals surface area contributed by atoms with E-state index in [9.17, 15) is 34.8 Å². The number of ketones is 1. The Morgan fingerprint density at radius 3 is 1.45 bits per heavy atom. The lowest BCUT2D eigenvalue weighted by Crippen LogP contribution is -2.19. The number of hydrogen-bond acceptors (Lipinski definition) is 9. The number of carbonyl (C=O) groups is 1. The molecule has 0 atom stereocenters. The minimum Gasteiger partial charge on any atom is -0.504 e. The van der Waals surface area contributed by atoms with Crippen LogP contribution in [0.15, 0.2) is 109 Å². The summed E-state index contributed by atoms with van der Waals surface area (Å²) < 4.78 is 11.1. The summed E-state index contributed by atoms with van der Waals surface area (Å²) in [6.07, 6.45) is 0. The molecule has 0 fully saturated rings. The Hall–Kier alpha value is -5.83. The van der Waals surface area contributed by atoms with Gasteiger partial charge < -0.3 is 29.3 Å². The van der Waals surface area contributed by atoms with E-state index in [-0.39, 0.29) is 55.8 Å². The Morgan fingerprint density at radius 2 is 1.02 bits per heavy atom. The predicted octanol–water partition coefficient (Wildman–Crippen LogP) is 6.97. The van der Waals surface area contributed by atoms with Crippen LogP contribution in [-0.2, 0) is 0 Å². The number of phenolic OH excluding ortho intramolecular Hbond substituents is 4. The van der Waals surface area contributed by atoms with E-state index in [1.54, 1.807) is 36.4 Å². The van der Waals surface area contributed by atoms with Crippen molar-refractivity contribution in [3.8, 4) is 45.6 Å². The first-order chi connectivity index (χ1) is 20.8. The van der Waals surface area contributed by atoms with Crippen LogP contribution in [0.1, 0.15) is 31.1 Å². The van der Waals surface area contributed by atoms with Crippen molar-refractivity contribution in [3.05, 3.63) is 117 Å². The van der Waals surface area contributed by atoms with Gasteiger partial charge in [0.25, 0.3) is 0 Å². The smallest absolute Gasteiger partial charge is 0.201 e. The molecule has 9 heteroatoms. The summed E-state index contributed by atoms with van der Waals surface area (Å²) in [7, 11) is 0. The minimum atomic E-state index is -0.486. The molecule has 4 aromatic carbocycles. The molecule has 0 saturated heterocycles. The summed E-state index contributed by atoms with van der Waals surface area (Å²) in [4.78, 5) is 36.5. The number of benzene rings is 4. The Morgan fingerprint density at radius 1 is 0.591 bits per heavy atom. The number of carbonyl (C=O) groups excluding carboxylic acids is 1. The van der Waals surface area contributed by atoms with Gasteiger partial charge in [-0.25, -0.2) is 0 Å². The quantitative estimate of drug-likeness (QED) is 0.126. The van der Waals surface area contributed by atoms with Crippen molar-refractivity contribution in [3.63, 3.8) is 0 Å². The highest BCUT2D eigenvalue weighted by atomic mass is 16.4. The van der Waals surface area contributed by atoms with Gasteiger partial charge in [0.2, 0.25) is 11.5 Å². The molecule has 9 nitrogen and oxygen atoms in total. The first-order valence-corrected chi connectivity index (χ1v) is 13.5. The summed E-state index contributed by atoms with van der Waals surface area (Å²) in [6, 6.07) is 23.8. The molecule has 0 unspecified atom stereocenters. The summed E-state index contributed by atoms with van der Waals surface area (Å²) in [6.45, 7) is 5.54. The number of rotatable bonds is 3. The van der Waals surface area contributed by atoms with Crippen LogP contribution in [-0.4, -0.2) is 26.2 Å². The second-order valence-corrected chi connectivity index (χ2v) is 11.1. The van der Waals surface area contributed by atoms with E-state index >= 15 is 0 Å². The highest BCUT2D eigenvalue weighted by Crippen LogP contribution is 2.35. The van der Waals surface area contributed by atoms with E-state index in [0.717, 1.165) is 5.56 Å². The van der Waals surface area contributed by atoms with Gasteiger partial charge in [0.1, 0.15) is 11.5 Å². The molecule has 0 aliphatic carbocycles. The van der Waals surface area contributed by atoms with Crippen molar-refractivity contribution in [2.75, 3.05) is 0 Å². The van der Waals surface area contributed by atoms with Crippen LogP contribution in [0.25, 0.3) is 44.6 Å². The van der Waals surface area contributed by atoms with E-state index in [2.05, 4.69) is 0 Å². The topological polar surface area (TPSA) is 158 Å². The highest BCUT2D eigenvalue weighted by Gasteiger charge is 2.23. The van der Waals surface area contributed by atoms with Crippen molar-refractivity contribution in [1.29, 1.82) is 0 Å². The lowest BCUT2D eigenvalue weighted by molar-refractivity contribution is 0.0858. The van der Waals surface area contributed by atoms with E-state index in [4.69, 9.17) is 8.83 Å². The van der Waals surface area contributed by atoms with Gasteiger partial charge >= 0.3 is 0 Å². The van der Waals surface area contributed by atoms with Crippen LogP contribution in [0.2, 0.25) is 0 Å². The monoisotopic (exact) mass is 592 g/mol. The fourth-order valence-corrected chi connectivity index (χ4v) is 4.49. The normalized spacial score (nSPS) is 11.2. The maximum absolute atomic E-state index is 12.3. The van der Waals surface area contributed by atoms with Crippen LogP contribution < -0.4 is 10.9 Å². The van der Waals surface area contributed by atoms with Crippen molar-refractivity contribution in [2.24, 2.45) is 5.41 Å². The Bertz CT molecular complexity index is 2130. The molecule has 2 heterocycles. The zero-order valence-corrected chi connectivity index (χ0v) is 24.0. The van der Waals surface area contributed by atoms with Crippen molar-refractivity contribution < 1.29 is 34.1 Å². The molecule has 6 rings (SSSR count). The molecule has 0 aliphatic heterocycles. The molecule has 0 saturated carbocycles. The number of hydrogen-bond donors (Lipinski definition) is 4. The van der Waals surface area contributed by atoms with Gasteiger partial charge in [-0.15, -0.1) is 0 Å². The first-order valence-electron chi connectivity index (χ1n) is 13.5. The van der Waals surface area contributed by atoms with Gasteiger partial charge in [0.05, 0.1) is 10.8 Å². The first kappa shape index (κ1) is 29.7. The molecule has 0 bridgehead atoms. The van der Waals surface area contributed by atoms with Gasteiger partial charge in [-0.1, -0.05) is 75.4 Å². The maximum Gasteiger partial charge on any atom is 0.201 e. The van der Waals surface area contributed by atoms with Gasteiger partial charge in [-0.3, -0.25) is 14.4 Å².